The Hall–Kier alpha value is -1.94. The number of aromatic nitrogens is 2. The highest BCUT2D eigenvalue weighted by Gasteiger charge is 2.13. The molecule has 1 heterocycles. The molecule has 0 aliphatic carbocycles. The molecule has 0 spiro atoms. The third-order valence-electron chi connectivity index (χ3n) is 2.96. The van der Waals surface area contributed by atoms with Gasteiger partial charge in [0.05, 0.1) is 13.2 Å². The number of nitrogens with zero attached hydrogens (tertiary/aromatic N) is 2. The first-order chi connectivity index (χ1) is 9.35. The molecular weight excluding hydrogens is 238 g/mol. The van der Waals surface area contributed by atoms with Crippen molar-refractivity contribution in [2.24, 2.45) is 0 Å². The third-order valence-corrected chi connectivity index (χ3v) is 2.96. The molecule has 0 saturated carbocycles. The Kier molecular flexibility index (Phi) is 4.86. The minimum atomic E-state index is 0.118. The van der Waals surface area contributed by atoms with Crippen LogP contribution in [-0.4, -0.2) is 23.6 Å². The molecule has 4 nitrogen and oxygen atoms in total. The Bertz CT molecular complexity index is 485. The van der Waals surface area contributed by atoms with E-state index in [-0.39, 0.29) is 6.04 Å². The van der Waals surface area contributed by atoms with Gasteiger partial charge in [0.2, 0.25) is 0 Å². The monoisotopic (exact) mass is 257 g/mol. The highest BCUT2D eigenvalue weighted by Crippen LogP contribution is 2.23. The van der Waals surface area contributed by atoms with Crippen molar-refractivity contribution in [3.8, 4) is 5.75 Å². The maximum absolute atomic E-state index is 5.19. The summed E-state index contributed by atoms with van der Waals surface area (Å²) >= 11 is 0. The Morgan fingerprint density at radius 1 is 1.11 bits per heavy atom. The highest BCUT2D eigenvalue weighted by molar-refractivity contribution is 5.33. The van der Waals surface area contributed by atoms with Crippen molar-refractivity contribution in [3.05, 3.63) is 54.1 Å². The third kappa shape index (κ3) is 3.51. The molecule has 1 atom stereocenters. The van der Waals surface area contributed by atoms with E-state index in [1.165, 1.54) is 5.56 Å². The molecule has 0 aliphatic rings. The van der Waals surface area contributed by atoms with Gasteiger partial charge in [-0.3, -0.25) is 0 Å². The van der Waals surface area contributed by atoms with Gasteiger partial charge in [0, 0.05) is 18.0 Å². The molecule has 0 bridgehead atoms. The molecular formula is C15H19N3O. The van der Waals surface area contributed by atoms with Crippen molar-refractivity contribution >= 4 is 0 Å². The summed E-state index contributed by atoms with van der Waals surface area (Å²) in [7, 11) is 1.67. The predicted molar refractivity (Wildman–Crippen MR) is 75.2 cm³/mol. The number of nitrogens with one attached hydrogen (secondary N) is 1. The topological polar surface area (TPSA) is 47.0 Å². The predicted octanol–water partition coefficient (Wildman–Crippen LogP) is 2.57. The molecule has 1 unspecified atom stereocenters. The zero-order chi connectivity index (χ0) is 13.5. The summed E-state index contributed by atoms with van der Waals surface area (Å²) in [5.74, 6) is 0.863. The molecule has 2 rings (SSSR count). The van der Waals surface area contributed by atoms with Gasteiger partial charge in [-0.2, -0.15) is 0 Å². The molecule has 1 aromatic heterocycles. The van der Waals surface area contributed by atoms with Gasteiger partial charge < -0.3 is 10.1 Å². The average Bonchev–Trinajstić information content (AvgIpc) is 2.49. The van der Waals surface area contributed by atoms with Crippen LogP contribution in [0.4, 0.5) is 0 Å². The van der Waals surface area contributed by atoms with Crippen LogP contribution in [0, 0.1) is 0 Å². The number of methoxy groups -OCH3 is 1. The zero-order valence-corrected chi connectivity index (χ0v) is 11.3. The first-order valence-corrected chi connectivity index (χ1v) is 6.47. The molecule has 4 heteroatoms. The Morgan fingerprint density at radius 2 is 1.79 bits per heavy atom. The van der Waals surface area contributed by atoms with E-state index in [1.54, 1.807) is 13.4 Å². The maximum Gasteiger partial charge on any atom is 0.118 e. The number of hydrogen-bond acceptors (Lipinski definition) is 4. The van der Waals surface area contributed by atoms with Crippen molar-refractivity contribution in [1.82, 2.24) is 15.3 Å². The minimum absolute atomic E-state index is 0.118. The van der Waals surface area contributed by atoms with E-state index in [1.807, 2.05) is 24.5 Å². The Morgan fingerprint density at radius 3 is 2.37 bits per heavy atom. The van der Waals surface area contributed by atoms with Gasteiger partial charge in [-0.1, -0.05) is 19.1 Å². The molecule has 2 aromatic rings. The fourth-order valence-corrected chi connectivity index (χ4v) is 1.97. The van der Waals surface area contributed by atoms with Gasteiger partial charge in [0.15, 0.2) is 0 Å². The van der Waals surface area contributed by atoms with Gasteiger partial charge in [-0.15, -0.1) is 0 Å². The zero-order valence-electron chi connectivity index (χ0n) is 11.3. The van der Waals surface area contributed by atoms with Crippen LogP contribution in [0.5, 0.6) is 5.75 Å². The first kappa shape index (κ1) is 13.5. The molecule has 0 radical (unpaired) electrons. The fourth-order valence-electron chi connectivity index (χ4n) is 1.97. The second kappa shape index (κ2) is 6.85. The molecule has 0 saturated heterocycles. The molecule has 0 aliphatic heterocycles. The standard InChI is InChI=1S/C15H19N3O/c1-3-8-18-15(13-9-16-11-17-10-13)12-4-6-14(19-2)7-5-12/h4-7,9-11,15,18H,3,8H2,1-2H3. The van der Waals surface area contributed by atoms with E-state index in [0.29, 0.717) is 0 Å². The summed E-state index contributed by atoms with van der Waals surface area (Å²) in [6, 6.07) is 8.20. The fraction of sp³-hybridized carbons (Fsp3) is 0.333. The number of hydrogen-bond donors (Lipinski definition) is 1. The van der Waals surface area contributed by atoms with Gasteiger partial charge >= 0.3 is 0 Å². The summed E-state index contributed by atoms with van der Waals surface area (Å²) in [6.07, 6.45) is 6.34. The SMILES string of the molecule is CCCNC(c1ccc(OC)cc1)c1cncnc1. The summed E-state index contributed by atoms with van der Waals surface area (Å²) in [6.45, 7) is 3.10. The second-order valence-electron chi connectivity index (χ2n) is 4.33. The van der Waals surface area contributed by atoms with E-state index < -0.39 is 0 Å². The van der Waals surface area contributed by atoms with Crippen LogP contribution in [0.15, 0.2) is 43.0 Å². The molecule has 19 heavy (non-hydrogen) atoms. The van der Waals surface area contributed by atoms with Crippen molar-refractivity contribution in [2.75, 3.05) is 13.7 Å². The van der Waals surface area contributed by atoms with Crippen LogP contribution in [0.3, 0.4) is 0 Å². The van der Waals surface area contributed by atoms with Crippen molar-refractivity contribution in [1.29, 1.82) is 0 Å². The minimum Gasteiger partial charge on any atom is -0.497 e. The molecule has 100 valence electrons. The summed E-state index contributed by atoms with van der Waals surface area (Å²) < 4.78 is 5.19. The molecule has 1 aromatic carbocycles. The lowest BCUT2D eigenvalue weighted by Gasteiger charge is -2.19. The quantitative estimate of drug-likeness (QED) is 0.864. The van der Waals surface area contributed by atoms with Gasteiger partial charge in [0.25, 0.3) is 0 Å². The summed E-state index contributed by atoms with van der Waals surface area (Å²) in [5.41, 5.74) is 2.25. The van der Waals surface area contributed by atoms with E-state index in [2.05, 4.69) is 34.3 Å². The summed E-state index contributed by atoms with van der Waals surface area (Å²) in [4.78, 5) is 8.19. The van der Waals surface area contributed by atoms with E-state index in [0.717, 1.165) is 24.3 Å². The lowest BCUT2D eigenvalue weighted by Crippen LogP contribution is -2.23. The Balaban J connectivity index is 2.26. The average molecular weight is 257 g/mol. The number of rotatable bonds is 6. The van der Waals surface area contributed by atoms with Gasteiger partial charge in [0.1, 0.15) is 12.1 Å². The van der Waals surface area contributed by atoms with Gasteiger partial charge in [-0.25, -0.2) is 9.97 Å². The van der Waals surface area contributed by atoms with Crippen LogP contribution in [0.25, 0.3) is 0 Å². The van der Waals surface area contributed by atoms with Crippen LogP contribution in [0.1, 0.15) is 30.5 Å². The maximum atomic E-state index is 5.19. The van der Waals surface area contributed by atoms with E-state index in [9.17, 15) is 0 Å². The molecule has 1 N–H and O–H groups in total. The Labute approximate surface area is 113 Å². The second-order valence-corrected chi connectivity index (χ2v) is 4.33. The van der Waals surface area contributed by atoms with Crippen LogP contribution < -0.4 is 10.1 Å². The smallest absolute Gasteiger partial charge is 0.118 e. The van der Waals surface area contributed by atoms with E-state index in [4.69, 9.17) is 4.74 Å². The lowest BCUT2D eigenvalue weighted by atomic mass is 10.0. The molecule has 0 fully saturated rings. The van der Waals surface area contributed by atoms with Crippen molar-refractivity contribution in [2.45, 2.75) is 19.4 Å². The summed E-state index contributed by atoms with van der Waals surface area (Å²) in [5, 5.41) is 3.52. The number of benzene rings is 1. The van der Waals surface area contributed by atoms with Crippen molar-refractivity contribution < 1.29 is 4.74 Å². The largest absolute Gasteiger partial charge is 0.497 e. The lowest BCUT2D eigenvalue weighted by molar-refractivity contribution is 0.414. The normalized spacial score (nSPS) is 12.1. The first-order valence-electron chi connectivity index (χ1n) is 6.47. The van der Waals surface area contributed by atoms with E-state index >= 15 is 0 Å². The highest BCUT2D eigenvalue weighted by atomic mass is 16.5. The van der Waals surface area contributed by atoms with Crippen LogP contribution in [-0.2, 0) is 0 Å². The van der Waals surface area contributed by atoms with Crippen LogP contribution in [0.2, 0.25) is 0 Å². The van der Waals surface area contributed by atoms with Crippen molar-refractivity contribution in [3.63, 3.8) is 0 Å². The molecule has 0 amide bonds. The number of ether oxygens (including phenoxy) is 1. The van der Waals surface area contributed by atoms with Crippen LogP contribution >= 0.6 is 0 Å². The van der Waals surface area contributed by atoms with Gasteiger partial charge in [-0.05, 0) is 30.7 Å².